The van der Waals surface area contributed by atoms with E-state index in [9.17, 15) is 4.79 Å². The number of nitrogens with zero attached hydrogens (tertiary/aromatic N) is 1. The van der Waals surface area contributed by atoms with Gasteiger partial charge in [-0.2, -0.15) is 0 Å². The molecule has 0 bridgehead atoms. The molecule has 2 rings (SSSR count). The highest BCUT2D eigenvalue weighted by Crippen LogP contribution is 2.56. The number of likely N-dealkylation sites (N-methyl/N-ethyl adjacent to an activating group) is 1. The van der Waals surface area contributed by atoms with Crippen LogP contribution in [0.3, 0.4) is 0 Å². The lowest BCUT2D eigenvalue weighted by Gasteiger charge is -2.57. The van der Waals surface area contributed by atoms with Gasteiger partial charge in [0.25, 0.3) is 0 Å². The molecular formula is C16H31ClN2O2. The lowest BCUT2D eigenvalue weighted by atomic mass is 9.60. The normalized spacial score (nSPS) is 26.2. The maximum Gasteiger partial charge on any atom is 0.236 e. The van der Waals surface area contributed by atoms with Gasteiger partial charge < -0.3 is 15.0 Å². The average Bonchev–Trinajstić information content (AvgIpc) is 2.94. The Bertz CT molecular complexity index is 332. The van der Waals surface area contributed by atoms with Crippen molar-refractivity contribution < 1.29 is 9.53 Å². The van der Waals surface area contributed by atoms with E-state index in [0.29, 0.717) is 18.7 Å². The van der Waals surface area contributed by atoms with Crippen molar-refractivity contribution >= 4 is 18.3 Å². The minimum absolute atomic E-state index is 0. The summed E-state index contributed by atoms with van der Waals surface area (Å²) in [6, 6.07) is 0.405. The van der Waals surface area contributed by atoms with Crippen LogP contribution in [0.15, 0.2) is 0 Å². The van der Waals surface area contributed by atoms with Crippen molar-refractivity contribution in [1.82, 2.24) is 10.2 Å². The highest BCUT2D eigenvalue weighted by Gasteiger charge is 2.59. The summed E-state index contributed by atoms with van der Waals surface area (Å²) in [6.07, 6.45) is 7.48. The Morgan fingerprint density at radius 3 is 2.52 bits per heavy atom. The number of halogens is 1. The Balaban J connectivity index is 0.00000220. The predicted octanol–water partition coefficient (Wildman–Crippen LogP) is 2.60. The predicted molar refractivity (Wildman–Crippen MR) is 87.9 cm³/mol. The molecular weight excluding hydrogens is 288 g/mol. The Morgan fingerprint density at radius 1 is 1.33 bits per heavy atom. The van der Waals surface area contributed by atoms with Crippen molar-refractivity contribution in [2.24, 2.45) is 5.41 Å². The molecule has 2 unspecified atom stereocenters. The van der Waals surface area contributed by atoms with Crippen LogP contribution in [0.5, 0.6) is 0 Å². The van der Waals surface area contributed by atoms with Gasteiger partial charge in [-0.05, 0) is 39.7 Å². The molecule has 1 spiro atoms. The third kappa shape index (κ3) is 3.54. The molecule has 1 amide bonds. The quantitative estimate of drug-likeness (QED) is 0.784. The summed E-state index contributed by atoms with van der Waals surface area (Å²) in [7, 11) is 1.84. The number of hydrogen-bond donors (Lipinski definition) is 1. The monoisotopic (exact) mass is 318 g/mol. The summed E-state index contributed by atoms with van der Waals surface area (Å²) in [6.45, 7) is 6.35. The summed E-state index contributed by atoms with van der Waals surface area (Å²) >= 11 is 0. The largest absolute Gasteiger partial charge is 0.378 e. The van der Waals surface area contributed by atoms with Crippen molar-refractivity contribution in [2.75, 3.05) is 26.7 Å². The van der Waals surface area contributed by atoms with E-state index >= 15 is 0 Å². The van der Waals surface area contributed by atoms with E-state index in [0.717, 1.165) is 26.0 Å². The first-order chi connectivity index (χ1) is 9.69. The van der Waals surface area contributed by atoms with Crippen molar-refractivity contribution in [3.63, 3.8) is 0 Å². The van der Waals surface area contributed by atoms with Crippen LogP contribution in [0, 0.1) is 5.41 Å². The van der Waals surface area contributed by atoms with Gasteiger partial charge in [0.2, 0.25) is 5.91 Å². The Labute approximate surface area is 135 Å². The van der Waals surface area contributed by atoms with Crippen molar-refractivity contribution in [1.29, 1.82) is 0 Å². The molecule has 2 atom stereocenters. The molecule has 2 aliphatic rings. The standard InChI is InChI=1S/C16H30N2O2.ClH/c1-4-10-18(15(19)12-17-3)13-11-14(20-5-2)16(13)8-6-7-9-16;/h13-14,17H,4-12H2,1-3H3;1H. The first-order valence-electron chi connectivity index (χ1n) is 8.25. The van der Waals surface area contributed by atoms with E-state index in [1.807, 2.05) is 7.05 Å². The number of rotatable bonds is 7. The zero-order valence-corrected chi connectivity index (χ0v) is 14.5. The molecule has 0 aromatic rings. The topological polar surface area (TPSA) is 41.6 Å². The smallest absolute Gasteiger partial charge is 0.236 e. The van der Waals surface area contributed by atoms with Crippen molar-refractivity contribution in [2.45, 2.75) is 64.5 Å². The summed E-state index contributed by atoms with van der Waals surface area (Å²) in [5.74, 6) is 0.251. The first kappa shape index (κ1) is 18.7. The fourth-order valence-corrected chi connectivity index (χ4v) is 4.24. The summed E-state index contributed by atoms with van der Waals surface area (Å²) in [5, 5.41) is 3.00. The molecule has 124 valence electrons. The third-order valence-electron chi connectivity index (χ3n) is 5.13. The zero-order valence-electron chi connectivity index (χ0n) is 13.7. The first-order valence-corrected chi connectivity index (χ1v) is 8.25. The molecule has 5 heteroatoms. The number of nitrogens with one attached hydrogen (secondary N) is 1. The van der Waals surface area contributed by atoms with Gasteiger partial charge in [-0.15, -0.1) is 12.4 Å². The van der Waals surface area contributed by atoms with Gasteiger partial charge in [0.1, 0.15) is 0 Å². The lowest BCUT2D eigenvalue weighted by molar-refractivity contribution is -0.175. The average molecular weight is 319 g/mol. The molecule has 2 fully saturated rings. The number of carbonyl (C=O) groups is 1. The maximum absolute atomic E-state index is 12.4. The highest BCUT2D eigenvalue weighted by molar-refractivity contribution is 5.85. The summed E-state index contributed by atoms with van der Waals surface area (Å²) in [4.78, 5) is 14.5. The van der Waals surface area contributed by atoms with Crippen LogP contribution in [-0.4, -0.2) is 49.7 Å². The lowest BCUT2D eigenvalue weighted by Crippen LogP contribution is -2.65. The fraction of sp³-hybridized carbons (Fsp3) is 0.938. The summed E-state index contributed by atoms with van der Waals surface area (Å²) < 4.78 is 5.96. The van der Waals surface area contributed by atoms with Gasteiger partial charge in [0.05, 0.1) is 12.6 Å². The molecule has 2 saturated carbocycles. The summed E-state index contributed by atoms with van der Waals surface area (Å²) in [5.41, 5.74) is 0.259. The molecule has 2 aliphatic carbocycles. The number of hydrogen-bond acceptors (Lipinski definition) is 3. The molecule has 0 radical (unpaired) electrons. The SMILES string of the molecule is CCCN(C(=O)CNC)C1CC(OCC)C12CCCC2.Cl. The van der Waals surface area contributed by atoms with E-state index in [-0.39, 0.29) is 23.7 Å². The number of amides is 1. The number of ether oxygens (including phenoxy) is 1. The van der Waals surface area contributed by atoms with Crippen LogP contribution in [-0.2, 0) is 9.53 Å². The molecule has 0 aromatic heterocycles. The molecule has 1 N–H and O–H groups in total. The van der Waals surface area contributed by atoms with E-state index in [4.69, 9.17) is 4.74 Å². The van der Waals surface area contributed by atoms with Gasteiger partial charge in [0, 0.05) is 24.6 Å². The second kappa shape index (κ2) is 8.35. The number of carbonyl (C=O) groups excluding carboxylic acids is 1. The van der Waals surface area contributed by atoms with Crippen LogP contribution in [0.25, 0.3) is 0 Å². The van der Waals surface area contributed by atoms with Crippen molar-refractivity contribution in [3.05, 3.63) is 0 Å². The second-order valence-electron chi connectivity index (χ2n) is 6.25. The Morgan fingerprint density at radius 2 is 2.00 bits per heavy atom. The fourth-order valence-electron chi connectivity index (χ4n) is 4.24. The van der Waals surface area contributed by atoms with Crippen LogP contribution in [0.4, 0.5) is 0 Å². The van der Waals surface area contributed by atoms with Crippen LogP contribution in [0.2, 0.25) is 0 Å². The maximum atomic E-state index is 12.4. The molecule has 0 aromatic carbocycles. The molecule has 0 aliphatic heterocycles. The van der Waals surface area contributed by atoms with E-state index < -0.39 is 0 Å². The van der Waals surface area contributed by atoms with Gasteiger partial charge in [-0.1, -0.05) is 19.8 Å². The minimum Gasteiger partial charge on any atom is -0.378 e. The van der Waals surface area contributed by atoms with Crippen LogP contribution < -0.4 is 5.32 Å². The molecule has 21 heavy (non-hydrogen) atoms. The van der Waals surface area contributed by atoms with Crippen LogP contribution >= 0.6 is 12.4 Å². The van der Waals surface area contributed by atoms with E-state index in [2.05, 4.69) is 24.1 Å². The van der Waals surface area contributed by atoms with Crippen LogP contribution in [0.1, 0.15) is 52.4 Å². The van der Waals surface area contributed by atoms with Gasteiger partial charge >= 0.3 is 0 Å². The van der Waals surface area contributed by atoms with E-state index in [1.54, 1.807) is 0 Å². The van der Waals surface area contributed by atoms with Gasteiger partial charge in [0.15, 0.2) is 0 Å². The molecule has 4 nitrogen and oxygen atoms in total. The highest BCUT2D eigenvalue weighted by atomic mass is 35.5. The van der Waals surface area contributed by atoms with Gasteiger partial charge in [-0.3, -0.25) is 4.79 Å². The van der Waals surface area contributed by atoms with Gasteiger partial charge in [-0.25, -0.2) is 0 Å². The third-order valence-corrected chi connectivity index (χ3v) is 5.13. The zero-order chi connectivity index (χ0) is 14.6. The molecule has 0 saturated heterocycles. The second-order valence-corrected chi connectivity index (χ2v) is 6.25. The Kier molecular flexibility index (Phi) is 7.45. The molecule has 0 heterocycles. The van der Waals surface area contributed by atoms with E-state index in [1.165, 1.54) is 25.7 Å². The Hall–Kier alpha value is -0.320. The van der Waals surface area contributed by atoms with Crippen molar-refractivity contribution in [3.8, 4) is 0 Å². The minimum atomic E-state index is 0.